The molecule has 4 aromatic rings. The number of carbonyl (C=O) groups is 2. The highest BCUT2D eigenvalue weighted by molar-refractivity contribution is 6.08. The number of anilines is 1. The molecule has 0 spiro atoms. The summed E-state index contributed by atoms with van der Waals surface area (Å²) in [6.45, 7) is 4.82. The molecule has 8 nitrogen and oxygen atoms in total. The van der Waals surface area contributed by atoms with Crippen molar-refractivity contribution in [3.63, 3.8) is 0 Å². The fraction of sp³-hybridized carbons (Fsp3) is 0.222. The molecule has 5 rings (SSSR count). The Morgan fingerprint density at radius 1 is 1.00 bits per heavy atom. The number of benzene rings is 2. The van der Waals surface area contributed by atoms with Gasteiger partial charge in [-0.25, -0.2) is 4.98 Å². The predicted molar refractivity (Wildman–Crippen MR) is 132 cm³/mol. The number of fused-ring (bicyclic) bond motifs is 1. The molecule has 1 N–H and O–H groups in total. The SMILES string of the molecule is CC(C)n1cnc(C2CN(C(=O)c3ccccc3)c3ccc(C(=O)NCc4ccccn4)cc32)n1. The second-order valence-electron chi connectivity index (χ2n) is 8.79. The first-order valence-corrected chi connectivity index (χ1v) is 11.6. The molecule has 8 heteroatoms. The number of pyridine rings is 1. The summed E-state index contributed by atoms with van der Waals surface area (Å²) < 4.78 is 1.81. The highest BCUT2D eigenvalue weighted by atomic mass is 16.2. The fourth-order valence-corrected chi connectivity index (χ4v) is 4.22. The van der Waals surface area contributed by atoms with E-state index in [1.165, 1.54) is 0 Å². The zero-order chi connectivity index (χ0) is 24.4. The van der Waals surface area contributed by atoms with Crippen molar-refractivity contribution in [2.45, 2.75) is 32.4 Å². The van der Waals surface area contributed by atoms with E-state index >= 15 is 0 Å². The predicted octanol–water partition coefficient (Wildman–Crippen LogP) is 3.98. The third-order valence-electron chi connectivity index (χ3n) is 6.11. The van der Waals surface area contributed by atoms with Crippen LogP contribution in [0.4, 0.5) is 5.69 Å². The standard InChI is InChI=1S/C27H26N6O2/c1-18(2)33-17-30-25(31-33)23-16-32(27(35)19-8-4-3-5-9-19)24-12-11-20(14-22(23)24)26(34)29-15-21-10-6-7-13-28-21/h3-14,17-18,23H,15-16H2,1-2H3,(H,29,34). The highest BCUT2D eigenvalue weighted by Gasteiger charge is 2.36. The van der Waals surface area contributed by atoms with Crippen LogP contribution in [0.15, 0.2) is 79.3 Å². The van der Waals surface area contributed by atoms with E-state index in [-0.39, 0.29) is 23.8 Å². The second-order valence-corrected chi connectivity index (χ2v) is 8.79. The van der Waals surface area contributed by atoms with E-state index in [9.17, 15) is 9.59 Å². The largest absolute Gasteiger partial charge is 0.346 e. The van der Waals surface area contributed by atoms with Crippen LogP contribution in [-0.2, 0) is 6.54 Å². The maximum Gasteiger partial charge on any atom is 0.258 e. The van der Waals surface area contributed by atoms with Crippen molar-refractivity contribution in [3.8, 4) is 0 Å². The summed E-state index contributed by atoms with van der Waals surface area (Å²) >= 11 is 0. The molecule has 2 amide bonds. The van der Waals surface area contributed by atoms with Crippen molar-refractivity contribution in [2.75, 3.05) is 11.4 Å². The molecule has 1 atom stereocenters. The van der Waals surface area contributed by atoms with Crippen LogP contribution in [0.2, 0.25) is 0 Å². The Hall–Kier alpha value is -4.33. The summed E-state index contributed by atoms with van der Waals surface area (Å²) in [5.74, 6) is 0.103. The number of rotatable bonds is 6. The van der Waals surface area contributed by atoms with Crippen LogP contribution in [0.25, 0.3) is 0 Å². The van der Waals surface area contributed by atoms with Gasteiger partial charge in [0.1, 0.15) is 6.33 Å². The normalized spacial score (nSPS) is 14.7. The molecule has 0 fully saturated rings. The number of hydrogen-bond donors (Lipinski definition) is 1. The molecule has 1 unspecified atom stereocenters. The first kappa shape index (κ1) is 22.5. The number of carbonyl (C=O) groups excluding carboxylic acids is 2. The van der Waals surface area contributed by atoms with Crippen LogP contribution >= 0.6 is 0 Å². The van der Waals surface area contributed by atoms with Crippen molar-refractivity contribution in [1.82, 2.24) is 25.1 Å². The summed E-state index contributed by atoms with van der Waals surface area (Å²) in [6.07, 6.45) is 3.41. The second kappa shape index (κ2) is 9.50. The lowest BCUT2D eigenvalue weighted by Gasteiger charge is -2.18. The lowest BCUT2D eigenvalue weighted by Crippen LogP contribution is -2.30. The van der Waals surface area contributed by atoms with Crippen LogP contribution in [0.3, 0.4) is 0 Å². The van der Waals surface area contributed by atoms with E-state index in [0.717, 1.165) is 16.9 Å². The number of nitrogens with one attached hydrogen (secondary N) is 1. The first-order chi connectivity index (χ1) is 17.0. The third kappa shape index (κ3) is 4.55. The van der Waals surface area contributed by atoms with Gasteiger partial charge in [0.2, 0.25) is 0 Å². The smallest absolute Gasteiger partial charge is 0.258 e. The molecule has 176 valence electrons. The van der Waals surface area contributed by atoms with Crippen LogP contribution in [-0.4, -0.2) is 38.1 Å². The van der Waals surface area contributed by atoms with Gasteiger partial charge in [-0.15, -0.1) is 0 Å². The van der Waals surface area contributed by atoms with Gasteiger partial charge in [-0.2, -0.15) is 5.10 Å². The van der Waals surface area contributed by atoms with Gasteiger partial charge in [0, 0.05) is 35.6 Å². The summed E-state index contributed by atoms with van der Waals surface area (Å²) in [6, 6.07) is 20.4. The van der Waals surface area contributed by atoms with Crippen LogP contribution < -0.4 is 10.2 Å². The minimum absolute atomic E-state index is 0.0926. The molecule has 0 bridgehead atoms. The summed E-state index contributed by atoms with van der Waals surface area (Å²) in [5, 5.41) is 7.59. The molecule has 0 radical (unpaired) electrons. The minimum atomic E-state index is -0.235. The average Bonchev–Trinajstić information content (AvgIpc) is 3.53. The van der Waals surface area contributed by atoms with E-state index in [1.807, 2.05) is 62.4 Å². The number of aromatic nitrogens is 4. The molecule has 2 aromatic carbocycles. The van der Waals surface area contributed by atoms with Gasteiger partial charge in [0.25, 0.3) is 11.8 Å². The van der Waals surface area contributed by atoms with Gasteiger partial charge in [-0.3, -0.25) is 19.3 Å². The Bertz CT molecular complexity index is 1350. The molecule has 3 heterocycles. The maximum atomic E-state index is 13.4. The molecule has 35 heavy (non-hydrogen) atoms. The molecule has 1 aliphatic rings. The molecule has 0 aliphatic carbocycles. The zero-order valence-electron chi connectivity index (χ0n) is 19.6. The number of nitrogens with zero attached hydrogens (tertiary/aromatic N) is 5. The van der Waals surface area contributed by atoms with Gasteiger partial charge >= 0.3 is 0 Å². The Balaban J connectivity index is 1.47. The Morgan fingerprint density at radius 3 is 2.51 bits per heavy atom. The molecular formula is C27H26N6O2. The summed E-state index contributed by atoms with van der Waals surface area (Å²) in [4.78, 5) is 36.9. The third-order valence-corrected chi connectivity index (χ3v) is 6.11. The molecule has 2 aromatic heterocycles. The van der Waals surface area contributed by atoms with Crippen molar-refractivity contribution in [2.24, 2.45) is 0 Å². The molecule has 1 aliphatic heterocycles. The first-order valence-electron chi connectivity index (χ1n) is 11.6. The van der Waals surface area contributed by atoms with Crippen LogP contribution in [0.1, 0.15) is 63.6 Å². The van der Waals surface area contributed by atoms with E-state index in [2.05, 4.69) is 20.4 Å². The highest BCUT2D eigenvalue weighted by Crippen LogP contribution is 2.40. The van der Waals surface area contributed by atoms with Crippen molar-refractivity contribution in [3.05, 3.63) is 107 Å². The van der Waals surface area contributed by atoms with E-state index in [1.54, 1.807) is 40.3 Å². The van der Waals surface area contributed by atoms with Gasteiger partial charge in [0.05, 0.1) is 18.2 Å². The lowest BCUT2D eigenvalue weighted by molar-refractivity contribution is 0.0949. The van der Waals surface area contributed by atoms with Gasteiger partial charge in [-0.05, 0) is 61.9 Å². The van der Waals surface area contributed by atoms with Gasteiger partial charge in [0.15, 0.2) is 5.82 Å². The van der Waals surface area contributed by atoms with Gasteiger partial charge in [-0.1, -0.05) is 24.3 Å². The lowest BCUT2D eigenvalue weighted by atomic mass is 9.98. The van der Waals surface area contributed by atoms with Crippen molar-refractivity contribution >= 4 is 17.5 Å². The van der Waals surface area contributed by atoms with Crippen LogP contribution in [0, 0.1) is 0 Å². The fourth-order valence-electron chi connectivity index (χ4n) is 4.22. The maximum absolute atomic E-state index is 13.4. The zero-order valence-corrected chi connectivity index (χ0v) is 19.6. The number of hydrogen-bond acceptors (Lipinski definition) is 5. The minimum Gasteiger partial charge on any atom is -0.346 e. The molecular weight excluding hydrogens is 440 g/mol. The van der Waals surface area contributed by atoms with E-state index in [4.69, 9.17) is 0 Å². The monoisotopic (exact) mass is 466 g/mol. The summed E-state index contributed by atoms with van der Waals surface area (Å²) in [7, 11) is 0. The average molecular weight is 467 g/mol. The van der Waals surface area contributed by atoms with Crippen LogP contribution in [0.5, 0.6) is 0 Å². The van der Waals surface area contributed by atoms with Crippen molar-refractivity contribution < 1.29 is 9.59 Å². The van der Waals surface area contributed by atoms with Gasteiger partial charge < -0.3 is 10.2 Å². The van der Waals surface area contributed by atoms with E-state index in [0.29, 0.717) is 30.0 Å². The van der Waals surface area contributed by atoms with E-state index < -0.39 is 0 Å². The molecule has 0 saturated heterocycles. The van der Waals surface area contributed by atoms with Crippen molar-refractivity contribution in [1.29, 1.82) is 0 Å². The molecule has 0 saturated carbocycles. The quantitative estimate of drug-likeness (QED) is 0.464. The summed E-state index contributed by atoms with van der Waals surface area (Å²) in [5.41, 5.74) is 3.54. The number of amides is 2. The Labute approximate surface area is 203 Å². The topological polar surface area (TPSA) is 93.0 Å². The Kier molecular flexibility index (Phi) is 6.10. The Morgan fingerprint density at radius 2 is 1.80 bits per heavy atom.